The van der Waals surface area contributed by atoms with Crippen LogP contribution in [0.3, 0.4) is 0 Å². The average molecular weight is 482 g/mol. The number of carbonyl (C=O) groups is 1. The second-order valence-electron chi connectivity index (χ2n) is 8.79. The predicted octanol–water partition coefficient (Wildman–Crippen LogP) is 4.85. The standard InChI is InChI=1S/C24H19NO6S2/c26-13-3-5-17-15(9-13)21(27)20(23(29)31-17)18-6-4-14(30-18)10-19-22(28)25(24(32)33-19)16-8-11-1-2-12(16)7-11/h3-6,9-12,16,26-27H,1-2,7-8H2/b19-10-. The molecule has 6 rings (SSSR count). The van der Waals surface area contributed by atoms with Gasteiger partial charge in [-0.25, -0.2) is 4.79 Å². The van der Waals surface area contributed by atoms with Gasteiger partial charge in [-0.2, -0.15) is 0 Å². The number of thioether (sulfide) groups is 1. The molecule has 2 N–H and O–H groups in total. The number of aromatic hydroxyl groups is 2. The Bertz CT molecular complexity index is 1420. The number of carbonyl (C=O) groups excluding carboxylic acids is 1. The summed E-state index contributed by atoms with van der Waals surface area (Å²) in [6, 6.07) is 7.41. The number of thiocarbonyl (C=S) groups is 1. The van der Waals surface area contributed by atoms with Crippen LogP contribution in [0.1, 0.15) is 31.4 Å². The first-order chi connectivity index (χ1) is 15.9. The van der Waals surface area contributed by atoms with Gasteiger partial charge in [-0.1, -0.05) is 30.4 Å². The summed E-state index contributed by atoms with van der Waals surface area (Å²) in [6.07, 6.45) is 6.21. The fourth-order valence-electron chi connectivity index (χ4n) is 5.38. The maximum Gasteiger partial charge on any atom is 0.351 e. The summed E-state index contributed by atoms with van der Waals surface area (Å²) in [6.45, 7) is 0. The van der Waals surface area contributed by atoms with E-state index in [0.29, 0.717) is 26.8 Å². The van der Waals surface area contributed by atoms with Crippen LogP contribution in [-0.2, 0) is 4.79 Å². The van der Waals surface area contributed by atoms with E-state index in [-0.39, 0.29) is 45.7 Å². The maximum atomic E-state index is 13.1. The summed E-state index contributed by atoms with van der Waals surface area (Å²) in [5.41, 5.74) is -0.772. The van der Waals surface area contributed by atoms with Crippen molar-refractivity contribution >= 4 is 51.3 Å². The van der Waals surface area contributed by atoms with Crippen LogP contribution in [-0.4, -0.2) is 31.4 Å². The first-order valence-corrected chi connectivity index (χ1v) is 12.0. The fraction of sp³-hybridized carbons (Fsp3) is 0.292. The zero-order chi connectivity index (χ0) is 22.9. The Morgan fingerprint density at radius 1 is 1.09 bits per heavy atom. The van der Waals surface area contributed by atoms with Crippen molar-refractivity contribution in [2.24, 2.45) is 11.8 Å². The Hall–Kier alpha value is -3.04. The van der Waals surface area contributed by atoms with Gasteiger partial charge in [0.05, 0.1) is 10.3 Å². The van der Waals surface area contributed by atoms with Gasteiger partial charge in [0.1, 0.15) is 38.5 Å². The summed E-state index contributed by atoms with van der Waals surface area (Å²) < 4.78 is 11.6. The van der Waals surface area contributed by atoms with E-state index in [4.69, 9.17) is 21.1 Å². The van der Waals surface area contributed by atoms with Crippen molar-refractivity contribution in [3.05, 3.63) is 51.4 Å². The SMILES string of the molecule is O=C1/C(=C/c2ccc(-c3c(O)c4cc(O)ccc4oc3=O)o2)SC(=S)N1C1CC2CCC1C2. The molecule has 1 saturated heterocycles. The summed E-state index contributed by atoms with van der Waals surface area (Å²) in [5, 5.41) is 20.6. The molecule has 2 aliphatic carbocycles. The van der Waals surface area contributed by atoms with Gasteiger partial charge >= 0.3 is 5.63 Å². The molecule has 0 spiro atoms. The lowest BCUT2D eigenvalue weighted by Gasteiger charge is -2.30. The highest BCUT2D eigenvalue weighted by Gasteiger charge is 2.48. The van der Waals surface area contributed by atoms with Gasteiger partial charge in [-0.05, 0) is 61.4 Å². The number of hydrogen-bond acceptors (Lipinski definition) is 8. The number of rotatable bonds is 3. The normalized spacial score (nSPS) is 25.8. The molecule has 1 aliphatic heterocycles. The van der Waals surface area contributed by atoms with E-state index in [1.807, 2.05) is 0 Å². The maximum absolute atomic E-state index is 13.1. The minimum atomic E-state index is -0.769. The molecule has 3 atom stereocenters. The lowest BCUT2D eigenvalue weighted by Crippen LogP contribution is -2.41. The zero-order valence-corrected chi connectivity index (χ0v) is 18.9. The number of nitrogens with zero attached hydrogens (tertiary/aromatic N) is 1. The minimum absolute atomic E-state index is 0.0738. The second kappa shape index (κ2) is 7.50. The smallest absolute Gasteiger partial charge is 0.351 e. The van der Waals surface area contributed by atoms with Crippen LogP contribution in [0, 0.1) is 11.8 Å². The van der Waals surface area contributed by atoms with E-state index in [2.05, 4.69) is 0 Å². The van der Waals surface area contributed by atoms with E-state index in [0.717, 1.165) is 12.8 Å². The molecular weight excluding hydrogens is 462 g/mol. The summed E-state index contributed by atoms with van der Waals surface area (Å²) >= 11 is 6.78. The third-order valence-electron chi connectivity index (χ3n) is 6.86. The van der Waals surface area contributed by atoms with Crippen LogP contribution in [0.2, 0.25) is 0 Å². The molecule has 3 unspecified atom stereocenters. The van der Waals surface area contributed by atoms with Gasteiger partial charge in [-0.15, -0.1) is 0 Å². The van der Waals surface area contributed by atoms with Crippen LogP contribution in [0.5, 0.6) is 11.5 Å². The van der Waals surface area contributed by atoms with Crippen molar-refractivity contribution < 1.29 is 23.8 Å². The topological polar surface area (TPSA) is 104 Å². The predicted molar refractivity (Wildman–Crippen MR) is 128 cm³/mol. The van der Waals surface area contributed by atoms with E-state index in [9.17, 15) is 19.8 Å². The highest BCUT2D eigenvalue weighted by atomic mass is 32.2. The third kappa shape index (κ3) is 3.29. The number of phenolic OH excluding ortho intramolecular Hbond substituents is 1. The van der Waals surface area contributed by atoms with E-state index in [1.165, 1.54) is 48.9 Å². The summed E-state index contributed by atoms with van der Waals surface area (Å²) in [5.74, 6) is 1.15. The summed E-state index contributed by atoms with van der Waals surface area (Å²) in [7, 11) is 0. The van der Waals surface area contributed by atoms with Gasteiger partial charge in [0.2, 0.25) is 0 Å². The van der Waals surface area contributed by atoms with Crippen molar-refractivity contribution in [1.82, 2.24) is 4.90 Å². The minimum Gasteiger partial charge on any atom is -0.508 e. The van der Waals surface area contributed by atoms with Crippen molar-refractivity contribution in [1.29, 1.82) is 0 Å². The lowest BCUT2D eigenvalue weighted by atomic mass is 9.94. The molecule has 7 nitrogen and oxygen atoms in total. The van der Waals surface area contributed by atoms with E-state index < -0.39 is 5.63 Å². The molecule has 9 heteroatoms. The van der Waals surface area contributed by atoms with Crippen LogP contribution in [0.4, 0.5) is 0 Å². The van der Waals surface area contributed by atoms with Crippen LogP contribution < -0.4 is 5.63 Å². The molecule has 3 aliphatic rings. The van der Waals surface area contributed by atoms with Crippen LogP contribution >= 0.6 is 24.0 Å². The number of amides is 1. The Morgan fingerprint density at radius 2 is 1.94 bits per heavy atom. The molecule has 1 aromatic carbocycles. The van der Waals surface area contributed by atoms with E-state index in [1.54, 1.807) is 17.0 Å². The van der Waals surface area contributed by atoms with Gasteiger partial charge in [0, 0.05) is 12.1 Å². The Balaban J connectivity index is 1.32. The number of phenols is 1. The largest absolute Gasteiger partial charge is 0.508 e. The van der Waals surface area contributed by atoms with Crippen molar-refractivity contribution in [3.8, 4) is 22.8 Å². The van der Waals surface area contributed by atoms with Crippen molar-refractivity contribution in [3.63, 3.8) is 0 Å². The van der Waals surface area contributed by atoms with Crippen molar-refractivity contribution in [2.45, 2.75) is 31.7 Å². The number of furan rings is 1. The molecule has 0 radical (unpaired) electrons. The molecule has 168 valence electrons. The van der Waals surface area contributed by atoms with Crippen molar-refractivity contribution in [2.75, 3.05) is 0 Å². The third-order valence-corrected chi connectivity index (χ3v) is 8.19. The quantitative estimate of drug-likeness (QED) is 0.311. The highest BCUT2D eigenvalue weighted by Crippen LogP contribution is 2.49. The van der Waals surface area contributed by atoms with Gasteiger partial charge in [-0.3, -0.25) is 9.69 Å². The molecule has 33 heavy (non-hydrogen) atoms. The molecule has 2 aromatic heterocycles. The number of benzene rings is 1. The molecule has 3 fully saturated rings. The number of fused-ring (bicyclic) bond motifs is 3. The van der Waals surface area contributed by atoms with Gasteiger partial charge in [0.15, 0.2) is 0 Å². The monoisotopic (exact) mass is 481 g/mol. The number of hydrogen-bond donors (Lipinski definition) is 2. The fourth-order valence-corrected chi connectivity index (χ4v) is 6.73. The molecular formula is C24H19NO6S2. The van der Waals surface area contributed by atoms with Gasteiger partial charge < -0.3 is 19.0 Å². The molecule has 1 amide bonds. The first-order valence-electron chi connectivity index (χ1n) is 10.7. The highest BCUT2D eigenvalue weighted by molar-refractivity contribution is 8.26. The van der Waals surface area contributed by atoms with E-state index >= 15 is 0 Å². The summed E-state index contributed by atoms with van der Waals surface area (Å²) in [4.78, 5) is 27.9. The molecule has 2 saturated carbocycles. The van der Waals surface area contributed by atoms with Crippen LogP contribution in [0.15, 0.2) is 48.9 Å². The van der Waals surface area contributed by atoms with Gasteiger partial charge in [0.25, 0.3) is 5.91 Å². The zero-order valence-electron chi connectivity index (χ0n) is 17.3. The Morgan fingerprint density at radius 3 is 2.70 bits per heavy atom. The van der Waals surface area contributed by atoms with Crippen LogP contribution in [0.25, 0.3) is 28.4 Å². The molecule has 2 bridgehead atoms. The Kier molecular flexibility index (Phi) is 4.67. The second-order valence-corrected chi connectivity index (χ2v) is 10.5. The molecule has 3 aromatic rings. The first kappa shape index (κ1) is 20.6. The lowest BCUT2D eigenvalue weighted by molar-refractivity contribution is -0.124. The Labute approximate surface area is 197 Å². The molecule has 3 heterocycles. The average Bonchev–Trinajstić information content (AvgIpc) is 3.55.